The number of anilines is 1. The molecule has 1 aliphatic rings. The summed E-state index contributed by atoms with van der Waals surface area (Å²) in [7, 11) is 0. The van der Waals surface area contributed by atoms with Crippen molar-refractivity contribution in [1.82, 2.24) is 5.01 Å². The van der Waals surface area contributed by atoms with Gasteiger partial charge in [0, 0.05) is 6.07 Å². The third-order valence-corrected chi connectivity index (χ3v) is 4.79. The maximum absolute atomic E-state index is 5.83. The van der Waals surface area contributed by atoms with E-state index in [4.69, 9.17) is 4.74 Å². The number of nitrogens with zero attached hydrogens (tertiary/aromatic N) is 3. The average molecular weight is 373 g/mol. The molecule has 4 rings (SSSR count). The number of rotatable bonds is 6. The van der Waals surface area contributed by atoms with E-state index in [1.54, 1.807) is 0 Å². The molecule has 0 spiro atoms. The van der Waals surface area contributed by atoms with E-state index in [2.05, 4.69) is 44.3 Å². The molecule has 0 unspecified atom stereocenters. The highest BCUT2D eigenvalue weighted by Gasteiger charge is 2.21. The van der Waals surface area contributed by atoms with E-state index in [-0.39, 0.29) is 0 Å². The number of piperazine rings is 1. The summed E-state index contributed by atoms with van der Waals surface area (Å²) in [6.45, 7) is 4.33. The first-order valence-electron chi connectivity index (χ1n) is 9.64. The van der Waals surface area contributed by atoms with E-state index in [9.17, 15) is 0 Å². The van der Waals surface area contributed by atoms with Crippen molar-refractivity contribution in [2.75, 3.05) is 31.1 Å². The number of hydrazone groups is 1. The molecule has 142 valence electrons. The third-order valence-electron chi connectivity index (χ3n) is 4.79. The summed E-state index contributed by atoms with van der Waals surface area (Å²) in [5.41, 5.74) is 2.24. The Morgan fingerprint density at radius 2 is 1.61 bits per heavy atom. The fourth-order valence-electron chi connectivity index (χ4n) is 3.17. The lowest BCUT2D eigenvalue weighted by molar-refractivity contribution is -0.364. The van der Waals surface area contributed by atoms with E-state index >= 15 is 0 Å². The van der Waals surface area contributed by atoms with E-state index in [0.717, 1.165) is 43.3 Å². The van der Waals surface area contributed by atoms with Crippen LogP contribution in [-0.4, -0.2) is 37.4 Å². The smallest absolute Gasteiger partial charge is 0.274 e. The van der Waals surface area contributed by atoms with E-state index in [0.29, 0.717) is 6.61 Å². The van der Waals surface area contributed by atoms with Crippen LogP contribution in [0, 0.1) is 0 Å². The van der Waals surface area contributed by atoms with Gasteiger partial charge >= 0.3 is 0 Å². The number of hydrogen-bond acceptors (Lipinski definition) is 4. The molecule has 2 heterocycles. The van der Waals surface area contributed by atoms with Crippen LogP contribution in [0.15, 0.2) is 84.1 Å². The van der Waals surface area contributed by atoms with Crippen molar-refractivity contribution in [2.24, 2.45) is 5.10 Å². The summed E-state index contributed by atoms with van der Waals surface area (Å²) in [4.78, 5) is 5.65. The second kappa shape index (κ2) is 9.04. The third kappa shape index (κ3) is 4.88. The molecular formula is C23H25N4O+. The van der Waals surface area contributed by atoms with Gasteiger partial charge in [0.1, 0.15) is 25.4 Å². The quantitative estimate of drug-likeness (QED) is 0.623. The Bertz CT molecular complexity index is 873. The Morgan fingerprint density at radius 3 is 2.32 bits per heavy atom. The first-order valence-corrected chi connectivity index (χ1v) is 9.64. The standard InChI is InChI=1S/C23H24N4O/c1-2-6-21(7-3-1)19-28-22-11-9-20(10-12-22)18-25-27-16-14-26(15-17-27)23-8-4-5-13-24-23/h1-13,18H,14-17,19H2/p+1. The van der Waals surface area contributed by atoms with Crippen molar-refractivity contribution < 1.29 is 9.72 Å². The number of aromatic nitrogens is 1. The Labute approximate surface area is 165 Å². The second-order valence-electron chi connectivity index (χ2n) is 6.78. The van der Waals surface area contributed by atoms with Crippen LogP contribution < -0.4 is 14.6 Å². The highest BCUT2D eigenvalue weighted by atomic mass is 16.5. The SMILES string of the molecule is C(=NN1CCN(c2cccc[nH+]2)CC1)c1ccc(OCc2ccccc2)cc1. The molecule has 0 saturated carbocycles. The van der Waals surface area contributed by atoms with Gasteiger partial charge in [0.15, 0.2) is 0 Å². The summed E-state index contributed by atoms with van der Waals surface area (Å²) < 4.78 is 5.83. The summed E-state index contributed by atoms with van der Waals surface area (Å²) in [6, 6.07) is 24.4. The molecular weight excluding hydrogens is 348 g/mol. The van der Waals surface area contributed by atoms with Crippen molar-refractivity contribution in [1.29, 1.82) is 0 Å². The summed E-state index contributed by atoms with van der Waals surface area (Å²) in [5.74, 6) is 2.03. The molecule has 1 fully saturated rings. The largest absolute Gasteiger partial charge is 0.489 e. The highest BCUT2D eigenvalue weighted by Crippen LogP contribution is 2.14. The molecule has 5 nitrogen and oxygen atoms in total. The van der Waals surface area contributed by atoms with Crippen molar-refractivity contribution in [3.8, 4) is 5.75 Å². The van der Waals surface area contributed by atoms with E-state index < -0.39 is 0 Å². The van der Waals surface area contributed by atoms with Crippen LogP contribution in [0.4, 0.5) is 5.82 Å². The van der Waals surface area contributed by atoms with Gasteiger partial charge in [-0.05, 0) is 41.5 Å². The monoisotopic (exact) mass is 373 g/mol. The van der Waals surface area contributed by atoms with Gasteiger partial charge in [0.25, 0.3) is 5.82 Å². The number of aromatic amines is 1. The first-order chi connectivity index (χ1) is 13.9. The van der Waals surface area contributed by atoms with Gasteiger partial charge in [-0.3, -0.25) is 9.91 Å². The van der Waals surface area contributed by atoms with Gasteiger partial charge in [0.05, 0.1) is 25.5 Å². The molecule has 28 heavy (non-hydrogen) atoms. The van der Waals surface area contributed by atoms with Crippen LogP contribution in [-0.2, 0) is 6.61 Å². The molecule has 3 aromatic rings. The van der Waals surface area contributed by atoms with Gasteiger partial charge in [-0.25, -0.2) is 4.98 Å². The lowest BCUT2D eigenvalue weighted by Gasteiger charge is -2.28. The average Bonchev–Trinajstić information content (AvgIpc) is 2.79. The molecule has 0 atom stereocenters. The minimum Gasteiger partial charge on any atom is -0.489 e. The second-order valence-corrected chi connectivity index (χ2v) is 6.78. The molecule has 5 heteroatoms. The van der Waals surface area contributed by atoms with Crippen molar-refractivity contribution in [3.63, 3.8) is 0 Å². The molecule has 0 amide bonds. The molecule has 1 aromatic heterocycles. The molecule has 1 saturated heterocycles. The number of hydrogen-bond donors (Lipinski definition) is 0. The minimum absolute atomic E-state index is 0.581. The van der Waals surface area contributed by atoms with Crippen molar-refractivity contribution in [3.05, 3.63) is 90.1 Å². The first kappa shape index (κ1) is 18.0. The van der Waals surface area contributed by atoms with Crippen molar-refractivity contribution in [2.45, 2.75) is 6.61 Å². The lowest BCUT2D eigenvalue weighted by atomic mass is 10.2. The predicted octanol–water partition coefficient (Wildman–Crippen LogP) is 3.24. The van der Waals surface area contributed by atoms with Gasteiger partial charge < -0.3 is 4.74 Å². The van der Waals surface area contributed by atoms with Crippen LogP contribution in [0.25, 0.3) is 0 Å². The van der Waals surface area contributed by atoms with Crippen LogP contribution >= 0.6 is 0 Å². The molecule has 0 radical (unpaired) electrons. The van der Waals surface area contributed by atoms with Crippen molar-refractivity contribution >= 4 is 12.0 Å². The zero-order valence-electron chi connectivity index (χ0n) is 15.9. The van der Waals surface area contributed by atoms with Gasteiger partial charge in [0.2, 0.25) is 0 Å². The van der Waals surface area contributed by atoms with Crippen LogP contribution in [0.2, 0.25) is 0 Å². The topological polar surface area (TPSA) is 42.2 Å². The molecule has 1 N–H and O–H groups in total. The molecule has 1 aliphatic heterocycles. The number of benzene rings is 2. The number of pyridine rings is 1. The Kier molecular flexibility index (Phi) is 5.83. The molecule has 0 aliphatic carbocycles. The maximum atomic E-state index is 5.83. The lowest BCUT2D eigenvalue weighted by Crippen LogP contribution is -2.45. The molecule has 0 bridgehead atoms. The van der Waals surface area contributed by atoms with Gasteiger partial charge in [-0.15, -0.1) is 0 Å². The van der Waals surface area contributed by atoms with Crippen LogP contribution in [0.1, 0.15) is 11.1 Å². The summed E-state index contributed by atoms with van der Waals surface area (Å²) in [6.07, 6.45) is 3.89. The summed E-state index contributed by atoms with van der Waals surface area (Å²) >= 11 is 0. The zero-order chi connectivity index (χ0) is 19.0. The minimum atomic E-state index is 0.581. The summed E-state index contributed by atoms with van der Waals surface area (Å²) in [5, 5.41) is 6.76. The Morgan fingerprint density at radius 1 is 0.857 bits per heavy atom. The number of nitrogens with one attached hydrogen (secondary N) is 1. The fraction of sp³-hybridized carbons (Fsp3) is 0.217. The van der Waals surface area contributed by atoms with Crippen LogP contribution in [0.3, 0.4) is 0 Å². The number of H-pyrrole nitrogens is 1. The fourth-order valence-corrected chi connectivity index (χ4v) is 3.17. The maximum Gasteiger partial charge on any atom is 0.274 e. The normalized spacial score (nSPS) is 14.4. The van der Waals surface area contributed by atoms with E-state index in [1.807, 2.05) is 60.9 Å². The van der Waals surface area contributed by atoms with Crippen LogP contribution in [0.5, 0.6) is 5.75 Å². The van der Waals surface area contributed by atoms with Gasteiger partial charge in [-0.2, -0.15) is 5.10 Å². The Balaban J connectivity index is 1.26. The Hall–Kier alpha value is -3.34. The number of ether oxygens (including phenoxy) is 1. The highest BCUT2D eigenvalue weighted by molar-refractivity contribution is 5.79. The molecule has 2 aromatic carbocycles. The van der Waals surface area contributed by atoms with E-state index in [1.165, 1.54) is 5.56 Å². The van der Waals surface area contributed by atoms with Gasteiger partial charge in [-0.1, -0.05) is 36.4 Å². The predicted molar refractivity (Wildman–Crippen MR) is 112 cm³/mol. The zero-order valence-corrected chi connectivity index (χ0v) is 15.9.